The van der Waals surface area contributed by atoms with E-state index in [1.807, 2.05) is 12.1 Å². The summed E-state index contributed by atoms with van der Waals surface area (Å²) in [4.78, 5) is 11.1. The Morgan fingerprint density at radius 1 is 1.39 bits per heavy atom. The van der Waals surface area contributed by atoms with E-state index in [0.29, 0.717) is 6.54 Å². The summed E-state index contributed by atoms with van der Waals surface area (Å²) in [5.74, 6) is -0.503. The average molecular weight is 331 g/mol. The first-order valence-corrected chi connectivity index (χ1v) is 6.59. The fraction of sp³-hybridized carbons (Fsp3) is 0.0909. The van der Waals surface area contributed by atoms with Crippen LogP contribution in [0.25, 0.3) is 0 Å². The highest BCUT2D eigenvalue weighted by molar-refractivity contribution is 9.11. The smallest absolute Gasteiger partial charge is 0.271 e. The predicted octanol–water partition coefficient (Wildman–Crippen LogP) is 4.17. The van der Waals surface area contributed by atoms with Gasteiger partial charge in [-0.1, -0.05) is 0 Å². The lowest BCUT2D eigenvalue weighted by molar-refractivity contribution is -0.384. The highest BCUT2D eigenvalue weighted by Crippen LogP contribution is 2.25. The summed E-state index contributed by atoms with van der Waals surface area (Å²) in [5, 5.41) is 13.4. The number of anilines is 1. The van der Waals surface area contributed by atoms with Gasteiger partial charge in [0, 0.05) is 23.6 Å². The molecular formula is C11H8BrFN2O2S. The van der Waals surface area contributed by atoms with Gasteiger partial charge in [-0.05, 0) is 34.1 Å². The molecule has 0 radical (unpaired) electrons. The van der Waals surface area contributed by atoms with E-state index in [1.54, 1.807) is 0 Å². The van der Waals surface area contributed by atoms with Crippen LogP contribution in [0, 0.1) is 15.9 Å². The number of rotatable bonds is 4. The molecule has 4 nitrogen and oxygen atoms in total. The Kier molecular flexibility index (Phi) is 3.93. The van der Waals surface area contributed by atoms with Gasteiger partial charge in [0.15, 0.2) is 0 Å². The molecule has 0 unspecified atom stereocenters. The number of nitrogens with one attached hydrogen (secondary N) is 1. The van der Waals surface area contributed by atoms with Crippen molar-refractivity contribution in [1.29, 1.82) is 0 Å². The fourth-order valence-corrected chi connectivity index (χ4v) is 2.81. The third-order valence-electron chi connectivity index (χ3n) is 2.24. The Balaban J connectivity index is 2.13. The topological polar surface area (TPSA) is 55.2 Å². The molecule has 7 heteroatoms. The zero-order valence-corrected chi connectivity index (χ0v) is 11.4. The van der Waals surface area contributed by atoms with E-state index in [1.165, 1.54) is 17.4 Å². The van der Waals surface area contributed by atoms with Gasteiger partial charge in [0.1, 0.15) is 5.82 Å². The number of hydrogen-bond acceptors (Lipinski definition) is 4. The first-order chi connectivity index (χ1) is 8.56. The number of nitro groups is 1. The maximum absolute atomic E-state index is 13.5. The predicted molar refractivity (Wildman–Crippen MR) is 72.4 cm³/mol. The van der Waals surface area contributed by atoms with Gasteiger partial charge < -0.3 is 5.32 Å². The first kappa shape index (κ1) is 13.0. The number of halogens is 2. The van der Waals surface area contributed by atoms with E-state index in [4.69, 9.17) is 0 Å². The number of thiophene rings is 1. The van der Waals surface area contributed by atoms with E-state index in [2.05, 4.69) is 21.2 Å². The average Bonchev–Trinajstić information content (AvgIpc) is 2.74. The van der Waals surface area contributed by atoms with Gasteiger partial charge in [0.2, 0.25) is 0 Å². The molecule has 1 N–H and O–H groups in total. The van der Waals surface area contributed by atoms with Crippen molar-refractivity contribution in [2.45, 2.75) is 6.54 Å². The Labute approximate surface area is 115 Å². The number of non-ortho nitro benzene ring substituents is 1. The molecule has 0 atom stereocenters. The van der Waals surface area contributed by atoms with Crippen molar-refractivity contribution < 1.29 is 9.31 Å². The number of nitrogens with zero attached hydrogens (tertiary/aromatic N) is 1. The maximum atomic E-state index is 13.5. The lowest BCUT2D eigenvalue weighted by Crippen LogP contribution is -2.00. The molecule has 0 saturated carbocycles. The monoisotopic (exact) mass is 330 g/mol. The maximum Gasteiger partial charge on any atom is 0.271 e. The van der Waals surface area contributed by atoms with Crippen molar-refractivity contribution in [3.63, 3.8) is 0 Å². The van der Waals surface area contributed by atoms with Crippen LogP contribution >= 0.6 is 27.3 Å². The van der Waals surface area contributed by atoms with Crippen molar-refractivity contribution in [3.8, 4) is 0 Å². The summed E-state index contributed by atoms with van der Waals surface area (Å²) in [7, 11) is 0. The summed E-state index contributed by atoms with van der Waals surface area (Å²) in [6, 6.07) is 7.22. The third kappa shape index (κ3) is 3.05. The zero-order valence-electron chi connectivity index (χ0n) is 9.02. The molecule has 0 amide bonds. The highest BCUT2D eigenvalue weighted by Gasteiger charge is 2.10. The van der Waals surface area contributed by atoms with Gasteiger partial charge in [-0.15, -0.1) is 11.3 Å². The molecule has 0 aliphatic heterocycles. The van der Waals surface area contributed by atoms with Crippen LogP contribution in [0.1, 0.15) is 4.88 Å². The standard InChI is InChI=1S/C11H8BrFN2O2S/c12-11-4-2-8(18-11)6-14-10-5-7(15(16)17)1-3-9(10)13/h1-5,14H,6H2. The van der Waals surface area contributed by atoms with E-state index >= 15 is 0 Å². The zero-order chi connectivity index (χ0) is 13.1. The molecule has 1 heterocycles. The van der Waals surface area contributed by atoms with Gasteiger partial charge in [-0.2, -0.15) is 0 Å². The second-order valence-corrected chi connectivity index (χ2v) is 6.03. The normalized spacial score (nSPS) is 10.3. The second kappa shape index (κ2) is 5.45. The van der Waals surface area contributed by atoms with Gasteiger partial charge in [0.25, 0.3) is 5.69 Å². The molecule has 0 fully saturated rings. The van der Waals surface area contributed by atoms with Gasteiger partial charge >= 0.3 is 0 Å². The number of hydrogen-bond donors (Lipinski definition) is 1. The molecule has 0 bridgehead atoms. The van der Waals surface area contributed by atoms with Crippen LogP contribution in [0.15, 0.2) is 34.1 Å². The van der Waals surface area contributed by atoms with E-state index < -0.39 is 10.7 Å². The molecule has 0 aliphatic carbocycles. The molecule has 1 aromatic carbocycles. The molecule has 0 saturated heterocycles. The van der Waals surface area contributed by atoms with Gasteiger partial charge in [-0.25, -0.2) is 4.39 Å². The molecule has 0 aliphatic rings. The quantitative estimate of drug-likeness (QED) is 0.676. The van der Waals surface area contributed by atoms with Crippen molar-refractivity contribution in [3.05, 3.63) is 54.9 Å². The SMILES string of the molecule is O=[N+]([O-])c1ccc(F)c(NCc2ccc(Br)s2)c1. The Bertz CT molecular complexity index is 588. The minimum Gasteiger partial charge on any atom is -0.378 e. The van der Waals surface area contributed by atoms with Crippen LogP contribution < -0.4 is 5.32 Å². The highest BCUT2D eigenvalue weighted by atomic mass is 79.9. The second-order valence-electron chi connectivity index (χ2n) is 3.48. The summed E-state index contributed by atoms with van der Waals surface area (Å²) in [5.41, 5.74) is -0.0000161. The molecule has 2 rings (SSSR count). The minimum atomic E-state index is -0.549. The Morgan fingerprint density at radius 3 is 2.78 bits per heavy atom. The summed E-state index contributed by atoms with van der Waals surface area (Å²) >= 11 is 4.85. The van der Waals surface area contributed by atoms with Crippen LogP contribution in [0.5, 0.6) is 0 Å². The minimum absolute atomic E-state index is 0.133. The van der Waals surface area contributed by atoms with Crippen LogP contribution in [0.4, 0.5) is 15.8 Å². The van der Waals surface area contributed by atoms with Crippen LogP contribution in [-0.4, -0.2) is 4.92 Å². The Morgan fingerprint density at radius 2 is 2.17 bits per heavy atom. The van der Waals surface area contributed by atoms with Crippen LogP contribution in [-0.2, 0) is 6.54 Å². The van der Waals surface area contributed by atoms with Gasteiger partial charge in [-0.3, -0.25) is 10.1 Å². The summed E-state index contributed by atoms with van der Waals surface area (Å²) in [6.07, 6.45) is 0. The molecule has 2 aromatic rings. The van der Waals surface area contributed by atoms with E-state index in [9.17, 15) is 14.5 Å². The van der Waals surface area contributed by atoms with Crippen molar-refractivity contribution in [1.82, 2.24) is 0 Å². The van der Waals surface area contributed by atoms with Crippen molar-refractivity contribution >= 4 is 38.6 Å². The molecular weight excluding hydrogens is 323 g/mol. The van der Waals surface area contributed by atoms with E-state index in [0.717, 1.165) is 20.8 Å². The molecule has 1 aromatic heterocycles. The molecule has 18 heavy (non-hydrogen) atoms. The lowest BCUT2D eigenvalue weighted by atomic mass is 10.2. The van der Waals surface area contributed by atoms with Gasteiger partial charge in [0.05, 0.1) is 14.4 Å². The first-order valence-electron chi connectivity index (χ1n) is 4.98. The lowest BCUT2D eigenvalue weighted by Gasteiger charge is -2.05. The number of benzene rings is 1. The summed E-state index contributed by atoms with van der Waals surface area (Å²) < 4.78 is 14.4. The third-order valence-corrected chi connectivity index (χ3v) is 3.87. The summed E-state index contributed by atoms with van der Waals surface area (Å²) in [6.45, 7) is 0.425. The Hall–Kier alpha value is -1.47. The van der Waals surface area contributed by atoms with Crippen molar-refractivity contribution in [2.75, 3.05) is 5.32 Å². The van der Waals surface area contributed by atoms with Crippen LogP contribution in [0.2, 0.25) is 0 Å². The van der Waals surface area contributed by atoms with Crippen LogP contribution in [0.3, 0.4) is 0 Å². The molecule has 94 valence electrons. The molecule has 0 spiro atoms. The fourth-order valence-electron chi connectivity index (χ4n) is 1.39. The number of nitro benzene ring substituents is 1. The van der Waals surface area contributed by atoms with Crippen molar-refractivity contribution in [2.24, 2.45) is 0 Å². The van der Waals surface area contributed by atoms with E-state index in [-0.39, 0.29) is 11.4 Å². The largest absolute Gasteiger partial charge is 0.378 e.